The van der Waals surface area contributed by atoms with Gasteiger partial charge in [0.2, 0.25) is 0 Å². The average molecular weight is 551 g/mol. The minimum Gasteiger partial charge on any atom is -0.478 e. The summed E-state index contributed by atoms with van der Waals surface area (Å²) in [7, 11) is 0. The lowest BCUT2D eigenvalue weighted by Gasteiger charge is -2.31. The van der Waals surface area contributed by atoms with Gasteiger partial charge in [0.1, 0.15) is 0 Å². The monoisotopic (exact) mass is 549 g/mol. The van der Waals surface area contributed by atoms with Crippen LogP contribution in [0, 0.1) is 6.92 Å². The fourth-order valence-corrected chi connectivity index (χ4v) is 4.27. The molecule has 0 amide bonds. The van der Waals surface area contributed by atoms with Gasteiger partial charge in [0.15, 0.2) is 0 Å². The third-order valence-electron chi connectivity index (χ3n) is 5.06. The van der Waals surface area contributed by atoms with Crippen molar-refractivity contribution in [3.63, 3.8) is 0 Å². The fourth-order valence-electron chi connectivity index (χ4n) is 3.40. The number of carboxylic acids is 1. The van der Waals surface area contributed by atoms with Gasteiger partial charge in [0.25, 0.3) is 0 Å². The van der Waals surface area contributed by atoms with Crippen LogP contribution in [-0.4, -0.2) is 11.1 Å². The Hall–Kier alpha value is -1.76. The van der Waals surface area contributed by atoms with Gasteiger partial charge in [-0.3, -0.25) is 5.32 Å². The van der Waals surface area contributed by atoms with Gasteiger partial charge < -0.3 is 5.11 Å². The van der Waals surface area contributed by atoms with Gasteiger partial charge in [-0.05, 0) is 60.9 Å². The topological polar surface area (TPSA) is 49.3 Å². The minimum atomic E-state index is -0.917. The summed E-state index contributed by atoms with van der Waals surface area (Å²) in [6, 6.07) is 20.7. The van der Waals surface area contributed by atoms with E-state index in [-0.39, 0.29) is 6.04 Å². The van der Waals surface area contributed by atoms with Gasteiger partial charge in [-0.2, -0.15) is 0 Å². The van der Waals surface area contributed by atoms with Gasteiger partial charge in [-0.25, -0.2) is 4.79 Å². The number of aliphatic carboxylic acids is 1. The summed E-state index contributed by atoms with van der Waals surface area (Å²) < 4.78 is 0.906. The number of carbonyl (C=O) groups is 1. The van der Waals surface area contributed by atoms with E-state index in [0.29, 0.717) is 22.0 Å². The molecule has 2 N–H and O–H groups in total. The van der Waals surface area contributed by atoms with E-state index in [4.69, 9.17) is 23.2 Å². The normalized spacial score (nSPS) is 17.7. The molecular weight excluding hydrogens is 529 g/mol. The molecule has 0 aliphatic carbocycles. The molecule has 1 aliphatic heterocycles. The largest absolute Gasteiger partial charge is 0.478 e. The van der Waals surface area contributed by atoms with Crippen molar-refractivity contribution < 1.29 is 9.90 Å². The second kappa shape index (κ2) is 11.4. The molecular formula is C25H22BrCl2NO2S. The third-order valence-corrected chi connectivity index (χ3v) is 6.59. The Morgan fingerprint density at radius 2 is 1.75 bits per heavy atom. The van der Waals surface area contributed by atoms with Crippen molar-refractivity contribution in [2.24, 2.45) is 0 Å². The minimum absolute atomic E-state index is 0.0353. The SMILES string of the molecule is Cc1ccc(S)cc1.O=C(O)C1=CCC(c2ccc(Cl)c(Cl)c2)NC1c1cccc(Br)c1. The molecule has 32 heavy (non-hydrogen) atoms. The molecule has 166 valence electrons. The Morgan fingerprint density at radius 1 is 1.03 bits per heavy atom. The number of hydrogen-bond acceptors (Lipinski definition) is 3. The summed E-state index contributed by atoms with van der Waals surface area (Å²) in [5.74, 6) is -0.917. The molecule has 2 atom stereocenters. The summed E-state index contributed by atoms with van der Waals surface area (Å²) in [5, 5.41) is 13.9. The van der Waals surface area contributed by atoms with Crippen molar-refractivity contribution in [1.82, 2.24) is 5.32 Å². The molecule has 0 fully saturated rings. The number of halogens is 3. The van der Waals surface area contributed by atoms with E-state index in [9.17, 15) is 9.90 Å². The highest BCUT2D eigenvalue weighted by Gasteiger charge is 2.29. The predicted octanol–water partition coefficient (Wildman–Crippen LogP) is 7.83. The molecule has 0 aromatic heterocycles. The summed E-state index contributed by atoms with van der Waals surface area (Å²) >= 11 is 19.7. The van der Waals surface area contributed by atoms with Crippen LogP contribution in [0.15, 0.2) is 87.7 Å². The first-order valence-electron chi connectivity index (χ1n) is 9.90. The van der Waals surface area contributed by atoms with Crippen LogP contribution >= 0.6 is 51.8 Å². The van der Waals surface area contributed by atoms with Gasteiger partial charge in [0, 0.05) is 15.4 Å². The van der Waals surface area contributed by atoms with E-state index in [2.05, 4.69) is 40.8 Å². The van der Waals surface area contributed by atoms with Crippen molar-refractivity contribution in [3.05, 3.63) is 110 Å². The summed E-state index contributed by atoms with van der Waals surface area (Å²) in [4.78, 5) is 12.6. The molecule has 1 aliphatic rings. The Kier molecular flexibility index (Phi) is 8.86. The van der Waals surface area contributed by atoms with E-state index >= 15 is 0 Å². The lowest BCUT2D eigenvalue weighted by Crippen LogP contribution is -2.33. The zero-order valence-corrected chi connectivity index (χ0v) is 21.2. The van der Waals surface area contributed by atoms with Gasteiger partial charge in [-0.1, -0.05) is 81.1 Å². The first-order chi connectivity index (χ1) is 15.2. The first-order valence-corrected chi connectivity index (χ1v) is 11.9. The molecule has 3 aromatic carbocycles. The van der Waals surface area contributed by atoms with Crippen molar-refractivity contribution in [2.75, 3.05) is 0 Å². The second-order valence-electron chi connectivity index (χ2n) is 7.42. The van der Waals surface area contributed by atoms with Crippen LogP contribution in [-0.2, 0) is 4.79 Å². The zero-order valence-electron chi connectivity index (χ0n) is 17.2. The van der Waals surface area contributed by atoms with Gasteiger partial charge >= 0.3 is 5.97 Å². The summed E-state index contributed by atoms with van der Waals surface area (Å²) in [6.07, 6.45) is 2.35. The van der Waals surface area contributed by atoms with Crippen LogP contribution < -0.4 is 5.32 Å². The van der Waals surface area contributed by atoms with Crippen LogP contribution in [0.3, 0.4) is 0 Å². The maximum Gasteiger partial charge on any atom is 0.333 e. The lowest BCUT2D eigenvalue weighted by molar-refractivity contribution is -0.133. The Labute approximate surface area is 212 Å². The number of aryl methyl sites for hydroxylation is 1. The molecule has 0 spiro atoms. The molecule has 2 unspecified atom stereocenters. The highest BCUT2D eigenvalue weighted by Crippen LogP contribution is 2.35. The van der Waals surface area contributed by atoms with Crippen molar-refractivity contribution >= 4 is 57.7 Å². The van der Waals surface area contributed by atoms with Crippen molar-refractivity contribution in [1.29, 1.82) is 0 Å². The zero-order chi connectivity index (χ0) is 23.3. The molecule has 4 rings (SSSR count). The van der Waals surface area contributed by atoms with Crippen LogP contribution in [0.4, 0.5) is 0 Å². The van der Waals surface area contributed by atoms with E-state index in [0.717, 1.165) is 20.5 Å². The lowest BCUT2D eigenvalue weighted by atomic mass is 9.89. The maximum absolute atomic E-state index is 11.6. The van der Waals surface area contributed by atoms with Gasteiger partial charge in [-0.15, -0.1) is 12.6 Å². The summed E-state index contributed by atoms with van der Waals surface area (Å²) in [5.41, 5.74) is 3.50. The molecule has 0 saturated carbocycles. The molecule has 7 heteroatoms. The molecule has 0 radical (unpaired) electrons. The maximum atomic E-state index is 11.6. The second-order valence-corrected chi connectivity index (χ2v) is 9.66. The number of rotatable bonds is 3. The van der Waals surface area contributed by atoms with E-state index < -0.39 is 12.0 Å². The number of nitrogens with one attached hydrogen (secondary N) is 1. The van der Waals surface area contributed by atoms with E-state index in [1.807, 2.05) is 60.7 Å². The Morgan fingerprint density at radius 3 is 2.34 bits per heavy atom. The molecule has 3 nitrogen and oxygen atoms in total. The van der Waals surface area contributed by atoms with Crippen LogP contribution in [0.2, 0.25) is 10.0 Å². The number of hydrogen-bond donors (Lipinski definition) is 3. The van der Waals surface area contributed by atoms with Crippen LogP contribution in [0.1, 0.15) is 35.2 Å². The van der Waals surface area contributed by atoms with Crippen LogP contribution in [0.25, 0.3) is 0 Å². The van der Waals surface area contributed by atoms with Crippen LogP contribution in [0.5, 0.6) is 0 Å². The third kappa shape index (κ3) is 6.63. The van der Waals surface area contributed by atoms with E-state index in [1.54, 1.807) is 12.1 Å². The van der Waals surface area contributed by atoms with Crippen molar-refractivity contribution in [2.45, 2.75) is 30.3 Å². The highest BCUT2D eigenvalue weighted by atomic mass is 79.9. The quantitative estimate of drug-likeness (QED) is 0.291. The number of benzene rings is 3. The van der Waals surface area contributed by atoms with Crippen molar-refractivity contribution in [3.8, 4) is 0 Å². The summed E-state index contributed by atoms with van der Waals surface area (Å²) in [6.45, 7) is 2.06. The highest BCUT2D eigenvalue weighted by molar-refractivity contribution is 9.10. The number of thiol groups is 1. The average Bonchev–Trinajstić information content (AvgIpc) is 2.77. The molecule has 0 saturated heterocycles. The Bertz CT molecular complexity index is 1110. The standard InChI is InChI=1S/C18H14BrCl2NO2.C7H8S/c19-12-3-1-2-11(8-12)17-13(18(23)24)5-7-16(22-17)10-4-6-14(20)15(21)9-10;1-6-2-4-7(8)5-3-6/h1-6,8-9,16-17,22H,7H2,(H,23,24);2-5,8H,1H3. The molecule has 0 bridgehead atoms. The first kappa shape index (κ1) is 24.9. The molecule has 1 heterocycles. The smallest absolute Gasteiger partial charge is 0.333 e. The Balaban J connectivity index is 0.000000305. The van der Waals surface area contributed by atoms with E-state index in [1.165, 1.54) is 5.56 Å². The number of carboxylic acid groups (broad SMARTS) is 1. The predicted molar refractivity (Wildman–Crippen MR) is 138 cm³/mol. The fraction of sp³-hybridized carbons (Fsp3) is 0.160. The molecule has 3 aromatic rings. The van der Waals surface area contributed by atoms with Gasteiger partial charge in [0.05, 0.1) is 21.7 Å².